The Hall–Kier alpha value is 0. The normalized spacial score (nSPS) is 16.4. The van der Waals surface area contributed by atoms with Crippen LogP contribution in [0.1, 0.15) is 126 Å². The Bertz CT molecular complexity index is 270. The lowest BCUT2D eigenvalue weighted by Gasteiger charge is -2.21. The lowest BCUT2D eigenvalue weighted by atomic mass is 9.85. The van der Waals surface area contributed by atoms with E-state index in [1.165, 1.54) is 70.6 Å². The van der Waals surface area contributed by atoms with Crippen LogP contribution in [0.4, 0.5) is 0 Å². The topological polar surface area (TPSA) is 0 Å². The van der Waals surface area contributed by atoms with Crippen molar-refractivity contribution in [3.05, 3.63) is 0 Å². The van der Waals surface area contributed by atoms with Crippen molar-refractivity contribution in [2.45, 2.75) is 126 Å². The highest BCUT2D eigenvalue weighted by atomic mass is 14.2. The summed E-state index contributed by atoms with van der Waals surface area (Å²) in [6.45, 7) is 19.2. The SMILES string of the molecule is CC(C)CCCC(C)CCCC(C)CCCC(C)CCC(C)(C)C. The van der Waals surface area contributed by atoms with Crippen molar-refractivity contribution in [3.63, 3.8) is 0 Å². The van der Waals surface area contributed by atoms with E-state index in [0.717, 1.165) is 23.7 Å². The Kier molecular flexibility index (Phi) is 13.2. The minimum atomic E-state index is 0.507. The smallest absolute Gasteiger partial charge is 0.0383 e. The van der Waals surface area contributed by atoms with Crippen LogP contribution in [0.2, 0.25) is 0 Å². The molecule has 0 saturated heterocycles. The molecule has 0 heteroatoms. The Balaban J connectivity index is 3.57. The number of hydrogen-bond donors (Lipinski definition) is 0. The van der Waals surface area contributed by atoms with Gasteiger partial charge >= 0.3 is 0 Å². The van der Waals surface area contributed by atoms with Crippen LogP contribution >= 0.6 is 0 Å². The third-order valence-corrected chi connectivity index (χ3v) is 5.65. The molecule has 0 aromatic carbocycles. The van der Waals surface area contributed by atoms with Crippen molar-refractivity contribution >= 4 is 0 Å². The molecule has 146 valence electrons. The van der Waals surface area contributed by atoms with Gasteiger partial charge in [-0.2, -0.15) is 0 Å². The minimum absolute atomic E-state index is 0.507. The van der Waals surface area contributed by atoms with E-state index in [1.54, 1.807) is 0 Å². The van der Waals surface area contributed by atoms with Crippen molar-refractivity contribution in [1.29, 1.82) is 0 Å². The summed E-state index contributed by atoms with van der Waals surface area (Å²) in [6.07, 6.45) is 15.7. The van der Waals surface area contributed by atoms with E-state index in [2.05, 4.69) is 55.4 Å². The Morgan fingerprint density at radius 2 is 0.833 bits per heavy atom. The zero-order valence-electron chi connectivity index (χ0n) is 18.6. The van der Waals surface area contributed by atoms with E-state index in [4.69, 9.17) is 0 Å². The van der Waals surface area contributed by atoms with Gasteiger partial charge in [-0.1, -0.05) is 120 Å². The van der Waals surface area contributed by atoms with Crippen LogP contribution in [0.5, 0.6) is 0 Å². The molecule has 0 aromatic rings. The lowest BCUT2D eigenvalue weighted by molar-refractivity contribution is 0.313. The molecule has 0 aromatic heterocycles. The predicted octanol–water partition coefficient (Wildman–Crippen LogP) is 8.89. The number of rotatable bonds is 14. The summed E-state index contributed by atoms with van der Waals surface area (Å²) in [6, 6.07) is 0. The van der Waals surface area contributed by atoms with Crippen molar-refractivity contribution in [1.82, 2.24) is 0 Å². The second-order valence-electron chi connectivity index (χ2n) is 10.6. The number of hydrogen-bond acceptors (Lipinski definition) is 0. The molecule has 24 heavy (non-hydrogen) atoms. The van der Waals surface area contributed by atoms with Gasteiger partial charge in [0.1, 0.15) is 0 Å². The van der Waals surface area contributed by atoms with Crippen LogP contribution in [0.25, 0.3) is 0 Å². The quantitative estimate of drug-likeness (QED) is 0.296. The largest absolute Gasteiger partial charge is 0.0628 e. The van der Waals surface area contributed by atoms with Gasteiger partial charge in [0.2, 0.25) is 0 Å². The van der Waals surface area contributed by atoms with Crippen LogP contribution in [-0.4, -0.2) is 0 Å². The third kappa shape index (κ3) is 16.8. The Morgan fingerprint density at radius 1 is 0.500 bits per heavy atom. The highest BCUT2D eigenvalue weighted by Crippen LogP contribution is 2.27. The summed E-state index contributed by atoms with van der Waals surface area (Å²) >= 11 is 0. The molecule has 3 unspecified atom stereocenters. The van der Waals surface area contributed by atoms with E-state index < -0.39 is 0 Å². The first-order valence-electron chi connectivity index (χ1n) is 11.1. The molecule has 0 rings (SSSR count). The molecule has 0 bridgehead atoms. The molecule has 0 amide bonds. The Labute approximate surface area is 155 Å². The van der Waals surface area contributed by atoms with E-state index in [0.29, 0.717) is 5.41 Å². The van der Waals surface area contributed by atoms with Gasteiger partial charge in [0, 0.05) is 0 Å². The van der Waals surface area contributed by atoms with Gasteiger partial charge in [0.05, 0.1) is 0 Å². The molecular formula is C24H50. The van der Waals surface area contributed by atoms with Crippen LogP contribution in [-0.2, 0) is 0 Å². The summed E-state index contributed by atoms with van der Waals surface area (Å²) < 4.78 is 0. The molecular weight excluding hydrogens is 288 g/mol. The molecule has 0 aliphatic heterocycles. The molecule has 0 heterocycles. The van der Waals surface area contributed by atoms with Crippen LogP contribution in [0, 0.1) is 29.1 Å². The van der Waals surface area contributed by atoms with E-state index in [9.17, 15) is 0 Å². The van der Waals surface area contributed by atoms with Crippen LogP contribution < -0.4 is 0 Å². The van der Waals surface area contributed by atoms with E-state index in [-0.39, 0.29) is 0 Å². The molecule has 0 radical (unpaired) electrons. The second kappa shape index (κ2) is 13.2. The first-order chi connectivity index (χ1) is 11.1. The zero-order valence-corrected chi connectivity index (χ0v) is 18.6. The van der Waals surface area contributed by atoms with Gasteiger partial charge in [0.25, 0.3) is 0 Å². The van der Waals surface area contributed by atoms with Crippen molar-refractivity contribution < 1.29 is 0 Å². The van der Waals surface area contributed by atoms with E-state index >= 15 is 0 Å². The molecule has 3 atom stereocenters. The average Bonchev–Trinajstić information content (AvgIpc) is 2.44. The van der Waals surface area contributed by atoms with Crippen LogP contribution in [0.15, 0.2) is 0 Å². The summed E-state index contributed by atoms with van der Waals surface area (Å²) in [5.41, 5.74) is 0.507. The maximum Gasteiger partial charge on any atom is -0.0383 e. The van der Waals surface area contributed by atoms with Crippen molar-refractivity contribution in [2.24, 2.45) is 29.1 Å². The maximum atomic E-state index is 2.48. The monoisotopic (exact) mass is 338 g/mol. The van der Waals surface area contributed by atoms with Crippen molar-refractivity contribution in [2.75, 3.05) is 0 Å². The fraction of sp³-hybridized carbons (Fsp3) is 1.00. The molecule has 0 spiro atoms. The van der Waals surface area contributed by atoms with Gasteiger partial charge in [0.15, 0.2) is 0 Å². The minimum Gasteiger partial charge on any atom is -0.0628 e. The molecule has 0 N–H and O–H groups in total. The first kappa shape index (κ1) is 24.0. The second-order valence-corrected chi connectivity index (χ2v) is 10.6. The standard InChI is InChI=1S/C24H50/c1-20(2)12-9-13-21(3)14-10-15-22(4)16-11-17-23(5)18-19-24(6,7)8/h20-23H,9-19H2,1-8H3. The summed E-state index contributed by atoms with van der Waals surface area (Å²) in [5.74, 6) is 3.66. The molecule has 0 aliphatic rings. The molecule has 0 aliphatic carbocycles. The fourth-order valence-electron chi connectivity index (χ4n) is 3.62. The van der Waals surface area contributed by atoms with Gasteiger partial charge in [-0.3, -0.25) is 0 Å². The maximum absolute atomic E-state index is 2.48. The first-order valence-corrected chi connectivity index (χ1v) is 11.1. The zero-order chi connectivity index (χ0) is 18.6. The summed E-state index contributed by atoms with van der Waals surface area (Å²) in [4.78, 5) is 0. The Morgan fingerprint density at radius 3 is 1.17 bits per heavy atom. The van der Waals surface area contributed by atoms with Gasteiger partial charge < -0.3 is 0 Å². The molecule has 0 saturated carbocycles. The van der Waals surface area contributed by atoms with Gasteiger partial charge in [-0.05, 0) is 35.5 Å². The van der Waals surface area contributed by atoms with Gasteiger partial charge in [-0.15, -0.1) is 0 Å². The highest BCUT2D eigenvalue weighted by Gasteiger charge is 2.13. The van der Waals surface area contributed by atoms with Crippen molar-refractivity contribution in [3.8, 4) is 0 Å². The average molecular weight is 339 g/mol. The lowest BCUT2D eigenvalue weighted by Crippen LogP contribution is -2.08. The van der Waals surface area contributed by atoms with E-state index in [1.807, 2.05) is 0 Å². The summed E-state index contributed by atoms with van der Waals surface area (Å²) in [7, 11) is 0. The fourth-order valence-corrected chi connectivity index (χ4v) is 3.62. The third-order valence-electron chi connectivity index (χ3n) is 5.65. The predicted molar refractivity (Wildman–Crippen MR) is 113 cm³/mol. The summed E-state index contributed by atoms with van der Waals surface area (Å²) in [5, 5.41) is 0. The molecule has 0 fully saturated rings. The van der Waals surface area contributed by atoms with Gasteiger partial charge in [-0.25, -0.2) is 0 Å². The molecule has 0 nitrogen and oxygen atoms in total. The van der Waals surface area contributed by atoms with Crippen LogP contribution in [0.3, 0.4) is 0 Å². The highest BCUT2D eigenvalue weighted by molar-refractivity contribution is 4.65.